The first-order valence-electron chi connectivity index (χ1n) is 4.29. The lowest BCUT2D eigenvalue weighted by Crippen LogP contribution is -1.84. The molecule has 0 aliphatic rings. The van der Waals surface area contributed by atoms with Crippen molar-refractivity contribution in [3.05, 3.63) is 36.5 Å². The molecule has 0 aromatic rings. The Labute approximate surface area is 98.0 Å². The van der Waals surface area contributed by atoms with Crippen molar-refractivity contribution in [3.8, 4) is 0 Å². The number of hydrogen-bond donors (Lipinski definition) is 0. The molecule has 0 bridgehead atoms. The molecule has 13 heavy (non-hydrogen) atoms. The van der Waals surface area contributed by atoms with Crippen LogP contribution >= 0.6 is 22.6 Å². The van der Waals surface area contributed by atoms with Gasteiger partial charge in [-0.25, -0.2) is 0 Å². The van der Waals surface area contributed by atoms with Crippen molar-refractivity contribution in [1.29, 1.82) is 0 Å². The fraction of sp³-hybridized carbons (Fsp3) is 0.500. The first kappa shape index (κ1) is 18.7. The molecule has 0 N–H and O–H groups in total. The van der Waals surface area contributed by atoms with Gasteiger partial charge in [0.1, 0.15) is 0 Å². The van der Waals surface area contributed by atoms with Gasteiger partial charge in [0.15, 0.2) is 0 Å². The molecular formula is C12H23I. The Morgan fingerprint density at radius 1 is 1.08 bits per heavy atom. The van der Waals surface area contributed by atoms with E-state index in [1.54, 1.807) is 0 Å². The van der Waals surface area contributed by atoms with Crippen molar-refractivity contribution in [2.24, 2.45) is 0 Å². The molecule has 0 fully saturated rings. The van der Waals surface area contributed by atoms with Gasteiger partial charge in [-0.05, 0) is 37.7 Å². The molecule has 0 aliphatic carbocycles. The Bertz CT molecular complexity index is 151. The maximum atomic E-state index is 3.89. The fourth-order valence-electron chi connectivity index (χ4n) is 1.08. The van der Waals surface area contributed by atoms with E-state index in [4.69, 9.17) is 0 Å². The zero-order chi connectivity index (χ0) is 11.4. The van der Waals surface area contributed by atoms with E-state index < -0.39 is 0 Å². The largest absolute Gasteiger partial charge is 0.106 e. The number of halogens is 1. The van der Waals surface area contributed by atoms with Crippen LogP contribution in [0.5, 0.6) is 0 Å². The standard InChI is InChI=1S/C9H16.C2H4.CH3I/c1-6-9(7(2)3)8(4)5;2*1-2/h2,6H2,1,3-5H3;1-2H2;1H3. The maximum absolute atomic E-state index is 3.89. The lowest BCUT2D eigenvalue weighted by atomic mass is 10.0. The number of alkyl halides is 1. The van der Waals surface area contributed by atoms with Gasteiger partial charge < -0.3 is 0 Å². The molecule has 0 spiro atoms. The number of rotatable bonds is 2. The Morgan fingerprint density at radius 3 is 1.38 bits per heavy atom. The van der Waals surface area contributed by atoms with Crippen LogP contribution in [0, 0.1) is 0 Å². The van der Waals surface area contributed by atoms with Crippen LogP contribution in [0.3, 0.4) is 0 Å². The van der Waals surface area contributed by atoms with Crippen molar-refractivity contribution in [2.75, 3.05) is 4.93 Å². The lowest BCUT2D eigenvalue weighted by Gasteiger charge is -2.04. The molecular weight excluding hydrogens is 271 g/mol. The van der Waals surface area contributed by atoms with E-state index in [-0.39, 0.29) is 0 Å². The Balaban J connectivity index is -0.000000218. The van der Waals surface area contributed by atoms with Gasteiger partial charge in [0, 0.05) is 0 Å². The summed E-state index contributed by atoms with van der Waals surface area (Å²) < 4.78 is 0. The minimum Gasteiger partial charge on any atom is -0.106 e. The lowest BCUT2D eigenvalue weighted by molar-refractivity contribution is 1.06. The highest BCUT2D eigenvalue weighted by Crippen LogP contribution is 2.15. The van der Waals surface area contributed by atoms with Gasteiger partial charge in [0.2, 0.25) is 0 Å². The van der Waals surface area contributed by atoms with Gasteiger partial charge >= 0.3 is 0 Å². The van der Waals surface area contributed by atoms with E-state index >= 15 is 0 Å². The predicted octanol–water partition coefficient (Wildman–Crippen LogP) is 5.16. The monoisotopic (exact) mass is 294 g/mol. The molecule has 1 heteroatoms. The maximum Gasteiger partial charge on any atom is -0.0121 e. The van der Waals surface area contributed by atoms with Gasteiger partial charge in [0.05, 0.1) is 0 Å². The minimum atomic E-state index is 1.11. The SMILES string of the molecule is C=C.C=C(C)C(CC)=C(C)C.CI. The van der Waals surface area contributed by atoms with Crippen LogP contribution in [-0.4, -0.2) is 4.93 Å². The zero-order valence-corrected chi connectivity index (χ0v) is 11.9. The summed E-state index contributed by atoms with van der Waals surface area (Å²) in [4.78, 5) is 1.97. The van der Waals surface area contributed by atoms with Gasteiger partial charge in [-0.15, -0.1) is 13.2 Å². The molecule has 0 atom stereocenters. The zero-order valence-electron chi connectivity index (χ0n) is 9.71. The third-order valence-corrected chi connectivity index (χ3v) is 1.47. The van der Waals surface area contributed by atoms with Gasteiger partial charge in [-0.1, -0.05) is 47.2 Å². The van der Waals surface area contributed by atoms with E-state index in [0.29, 0.717) is 0 Å². The van der Waals surface area contributed by atoms with Crippen molar-refractivity contribution >= 4 is 22.6 Å². The quantitative estimate of drug-likeness (QED) is 0.285. The summed E-state index contributed by atoms with van der Waals surface area (Å²) in [6.07, 6.45) is 1.11. The summed E-state index contributed by atoms with van der Waals surface area (Å²) in [5.41, 5.74) is 4.01. The first-order chi connectivity index (χ1) is 6.09. The Kier molecular flexibility index (Phi) is 20.8. The smallest absolute Gasteiger partial charge is 0.0121 e. The van der Waals surface area contributed by atoms with Crippen LogP contribution in [0.15, 0.2) is 36.5 Å². The summed E-state index contributed by atoms with van der Waals surface area (Å²) in [7, 11) is 0. The molecule has 0 amide bonds. The van der Waals surface area contributed by atoms with Gasteiger partial charge in [0.25, 0.3) is 0 Å². The van der Waals surface area contributed by atoms with Crippen LogP contribution in [0.2, 0.25) is 0 Å². The third kappa shape index (κ3) is 12.0. The summed E-state index contributed by atoms with van der Waals surface area (Å²) in [5, 5.41) is 0. The van der Waals surface area contributed by atoms with Crippen molar-refractivity contribution < 1.29 is 0 Å². The minimum absolute atomic E-state index is 1.11. The molecule has 78 valence electrons. The van der Waals surface area contributed by atoms with Crippen molar-refractivity contribution in [2.45, 2.75) is 34.1 Å². The second-order valence-corrected chi connectivity index (χ2v) is 2.61. The summed E-state index contributed by atoms with van der Waals surface area (Å²) >= 11 is 2.15. The highest BCUT2D eigenvalue weighted by molar-refractivity contribution is 14.1. The third-order valence-electron chi connectivity index (χ3n) is 1.47. The molecule has 0 aromatic heterocycles. The number of allylic oxidation sites excluding steroid dienone is 3. The van der Waals surface area contributed by atoms with Gasteiger partial charge in [-0.2, -0.15) is 0 Å². The highest BCUT2D eigenvalue weighted by Gasteiger charge is 1.94. The highest BCUT2D eigenvalue weighted by atomic mass is 127. The van der Waals surface area contributed by atoms with Crippen LogP contribution in [0.25, 0.3) is 0 Å². The summed E-state index contributed by atoms with van der Waals surface area (Å²) in [6.45, 7) is 18.4. The average Bonchev–Trinajstić information content (AvgIpc) is 2.11. The number of hydrogen-bond acceptors (Lipinski definition) is 0. The topological polar surface area (TPSA) is 0 Å². The molecule has 0 heterocycles. The van der Waals surface area contributed by atoms with Crippen LogP contribution in [-0.2, 0) is 0 Å². The summed E-state index contributed by atoms with van der Waals surface area (Å²) in [6, 6.07) is 0. The molecule has 0 unspecified atom stereocenters. The second kappa shape index (κ2) is 14.5. The second-order valence-electron chi connectivity index (χ2n) is 2.61. The van der Waals surface area contributed by atoms with Gasteiger partial charge in [-0.3, -0.25) is 0 Å². The van der Waals surface area contributed by atoms with Crippen LogP contribution in [0.4, 0.5) is 0 Å². The molecule has 0 saturated heterocycles. The van der Waals surface area contributed by atoms with E-state index in [0.717, 1.165) is 6.42 Å². The van der Waals surface area contributed by atoms with E-state index in [1.165, 1.54) is 16.7 Å². The van der Waals surface area contributed by atoms with Crippen molar-refractivity contribution in [3.63, 3.8) is 0 Å². The van der Waals surface area contributed by atoms with E-state index in [1.807, 2.05) is 4.93 Å². The molecule has 0 saturated carbocycles. The van der Waals surface area contributed by atoms with Crippen LogP contribution < -0.4 is 0 Å². The fourth-order valence-corrected chi connectivity index (χ4v) is 1.08. The summed E-state index contributed by atoms with van der Waals surface area (Å²) in [5.74, 6) is 0. The predicted molar refractivity (Wildman–Crippen MR) is 74.7 cm³/mol. The average molecular weight is 294 g/mol. The normalized spacial score (nSPS) is 6.92. The Hall–Kier alpha value is -0.0500. The molecule has 0 radical (unpaired) electrons. The van der Waals surface area contributed by atoms with E-state index in [9.17, 15) is 0 Å². The molecule has 0 rings (SSSR count). The molecule has 0 nitrogen and oxygen atoms in total. The molecule has 0 aliphatic heterocycles. The Morgan fingerprint density at radius 2 is 1.38 bits per heavy atom. The first-order valence-corrected chi connectivity index (χ1v) is 6.45. The van der Waals surface area contributed by atoms with E-state index in [2.05, 4.69) is 70.0 Å². The van der Waals surface area contributed by atoms with Crippen molar-refractivity contribution in [1.82, 2.24) is 0 Å². The van der Waals surface area contributed by atoms with Crippen LogP contribution in [0.1, 0.15) is 34.1 Å². The molecule has 0 aromatic carbocycles.